The van der Waals surface area contributed by atoms with Crippen LogP contribution < -0.4 is 0 Å². The second kappa shape index (κ2) is 11.1. The highest BCUT2D eigenvalue weighted by atomic mass is 16.3. The van der Waals surface area contributed by atoms with Crippen LogP contribution in [0.5, 0.6) is 0 Å². The van der Waals surface area contributed by atoms with Crippen LogP contribution in [0.4, 0.5) is 0 Å². The highest BCUT2D eigenvalue weighted by Crippen LogP contribution is 2.52. The quantitative estimate of drug-likeness (QED) is 0.186. The molecule has 0 N–H and O–H groups in total. The number of rotatable bonds is 4. The first kappa shape index (κ1) is 29.8. The minimum atomic E-state index is -0.215. The lowest BCUT2D eigenvalue weighted by Crippen LogP contribution is -2.15. The van der Waals surface area contributed by atoms with E-state index in [1.807, 2.05) is 48.5 Å². The molecule has 3 aromatic heterocycles. The van der Waals surface area contributed by atoms with Crippen LogP contribution in [0.2, 0.25) is 0 Å². The Bertz CT molecular complexity index is 3020. The van der Waals surface area contributed by atoms with Crippen molar-refractivity contribution in [2.45, 2.75) is 19.3 Å². The molecule has 0 saturated heterocycles. The van der Waals surface area contributed by atoms with E-state index in [0.29, 0.717) is 17.6 Å². The third-order valence-electron chi connectivity index (χ3n) is 11.1. The van der Waals surface area contributed by atoms with E-state index in [-0.39, 0.29) is 5.41 Å². The summed E-state index contributed by atoms with van der Waals surface area (Å²) in [6.07, 6.45) is 0. The number of aromatic nitrogens is 4. The molecular formula is C48H32N4O. The molecule has 0 saturated carbocycles. The van der Waals surface area contributed by atoms with Crippen LogP contribution in [0.25, 0.3) is 94.7 Å². The van der Waals surface area contributed by atoms with Gasteiger partial charge in [-0.15, -0.1) is 0 Å². The van der Waals surface area contributed by atoms with E-state index in [0.717, 1.165) is 49.5 Å². The maximum absolute atomic E-state index is 6.14. The number of para-hydroxylation sites is 2. The Hall–Kier alpha value is -6.85. The van der Waals surface area contributed by atoms with Gasteiger partial charge < -0.3 is 4.42 Å². The number of benzene rings is 7. The summed E-state index contributed by atoms with van der Waals surface area (Å²) in [6.45, 7) is 4.67. The van der Waals surface area contributed by atoms with Crippen LogP contribution in [-0.4, -0.2) is 19.5 Å². The zero-order chi connectivity index (χ0) is 35.3. The summed E-state index contributed by atoms with van der Waals surface area (Å²) in [5.74, 6) is 1.88. The molecule has 1 aliphatic carbocycles. The largest absolute Gasteiger partial charge is 0.456 e. The lowest BCUT2D eigenvalue weighted by atomic mass is 9.82. The number of nitrogens with zero attached hydrogens (tertiary/aromatic N) is 4. The SMILES string of the molecule is CC1(C)c2ccc(-c3ccc4oc5ccccc5c4c3)cc2-c2cc3c4ccccc4n(-c4nc(-c5ccccc5)nc(-c5ccccc5)n4)c3cc21. The van der Waals surface area contributed by atoms with Gasteiger partial charge in [0, 0.05) is 38.1 Å². The van der Waals surface area contributed by atoms with Crippen LogP contribution in [0, 0.1) is 0 Å². The van der Waals surface area contributed by atoms with Gasteiger partial charge in [-0.1, -0.05) is 129 Å². The molecule has 11 rings (SSSR count). The molecule has 53 heavy (non-hydrogen) atoms. The maximum Gasteiger partial charge on any atom is 0.238 e. The van der Waals surface area contributed by atoms with Crippen LogP contribution >= 0.6 is 0 Å². The van der Waals surface area contributed by atoms with Crippen molar-refractivity contribution in [2.24, 2.45) is 0 Å². The van der Waals surface area contributed by atoms with Crippen molar-refractivity contribution >= 4 is 43.7 Å². The van der Waals surface area contributed by atoms with E-state index in [9.17, 15) is 0 Å². The van der Waals surface area contributed by atoms with Gasteiger partial charge in [0.05, 0.1) is 11.0 Å². The van der Waals surface area contributed by atoms with Gasteiger partial charge in [0.2, 0.25) is 5.95 Å². The highest BCUT2D eigenvalue weighted by molar-refractivity contribution is 6.12. The Balaban J connectivity index is 1.13. The number of fused-ring (bicyclic) bond motifs is 9. The zero-order valence-corrected chi connectivity index (χ0v) is 29.2. The molecule has 5 heteroatoms. The molecule has 0 atom stereocenters. The fourth-order valence-corrected chi connectivity index (χ4v) is 8.41. The van der Waals surface area contributed by atoms with Gasteiger partial charge >= 0.3 is 0 Å². The third-order valence-corrected chi connectivity index (χ3v) is 11.1. The molecular weight excluding hydrogens is 649 g/mol. The van der Waals surface area contributed by atoms with Crippen LogP contribution in [-0.2, 0) is 5.41 Å². The summed E-state index contributed by atoms with van der Waals surface area (Å²) in [7, 11) is 0. The zero-order valence-electron chi connectivity index (χ0n) is 29.2. The first-order chi connectivity index (χ1) is 26.0. The van der Waals surface area contributed by atoms with Crippen molar-refractivity contribution in [2.75, 3.05) is 0 Å². The summed E-state index contributed by atoms with van der Waals surface area (Å²) in [5, 5.41) is 4.61. The Kier molecular flexibility index (Phi) is 6.23. The molecule has 10 aromatic rings. The summed E-state index contributed by atoms with van der Waals surface area (Å²) in [5.41, 5.74) is 13.2. The van der Waals surface area contributed by atoms with Crippen molar-refractivity contribution < 1.29 is 4.42 Å². The third kappa shape index (κ3) is 4.47. The van der Waals surface area contributed by atoms with Crippen LogP contribution in [0.3, 0.4) is 0 Å². The maximum atomic E-state index is 6.14. The van der Waals surface area contributed by atoms with Crippen molar-refractivity contribution in [1.82, 2.24) is 19.5 Å². The molecule has 7 aromatic carbocycles. The normalized spacial score (nSPS) is 13.2. The van der Waals surface area contributed by atoms with Crippen molar-refractivity contribution in [3.63, 3.8) is 0 Å². The number of hydrogen-bond donors (Lipinski definition) is 0. The molecule has 0 amide bonds. The standard InChI is InChI=1S/C48H32N4O/c1-48(2)39-23-21-31(32-22-24-44-38(26-32)34-18-10-12-20-43(34)53-44)25-35(39)36-27-37-33-17-9-11-19-41(33)52(42(37)28-40(36)48)47-50-45(29-13-5-3-6-14-29)49-46(51-47)30-15-7-4-8-16-30/h3-28H,1-2H3. The Morgan fingerprint density at radius 3 is 1.79 bits per heavy atom. The summed E-state index contributed by atoms with van der Waals surface area (Å²) in [6, 6.07) is 55.4. The molecule has 3 heterocycles. The first-order valence-corrected chi connectivity index (χ1v) is 18.0. The molecule has 250 valence electrons. The highest BCUT2D eigenvalue weighted by Gasteiger charge is 2.37. The summed E-state index contributed by atoms with van der Waals surface area (Å²) in [4.78, 5) is 15.3. The van der Waals surface area contributed by atoms with Crippen molar-refractivity contribution in [1.29, 1.82) is 0 Å². The smallest absolute Gasteiger partial charge is 0.238 e. The summed E-state index contributed by atoms with van der Waals surface area (Å²) < 4.78 is 8.37. The molecule has 0 aliphatic heterocycles. The molecule has 0 bridgehead atoms. The Morgan fingerprint density at radius 1 is 0.434 bits per heavy atom. The van der Waals surface area contributed by atoms with Crippen LogP contribution in [0.1, 0.15) is 25.0 Å². The minimum absolute atomic E-state index is 0.215. The Labute approximate surface area is 305 Å². The van der Waals surface area contributed by atoms with E-state index in [4.69, 9.17) is 19.4 Å². The predicted octanol–water partition coefficient (Wildman–Crippen LogP) is 12.2. The molecule has 5 nitrogen and oxygen atoms in total. The lowest BCUT2D eigenvalue weighted by molar-refractivity contribution is 0.661. The van der Waals surface area contributed by atoms with E-state index in [1.165, 1.54) is 38.8 Å². The van der Waals surface area contributed by atoms with Gasteiger partial charge in [0.1, 0.15) is 11.2 Å². The van der Waals surface area contributed by atoms with Gasteiger partial charge in [-0.3, -0.25) is 4.57 Å². The van der Waals surface area contributed by atoms with Gasteiger partial charge in [-0.05, 0) is 75.8 Å². The molecule has 0 fully saturated rings. The fraction of sp³-hybridized carbons (Fsp3) is 0.0625. The number of hydrogen-bond acceptors (Lipinski definition) is 4. The summed E-state index contributed by atoms with van der Waals surface area (Å²) >= 11 is 0. The average molecular weight is 681 g/mol. The lowest BCUT2D eigenvalue weighted by Gasteiger charge is -2.22. The van der Waals surface area contributed by atoms with Crippen LogP contribution in [0.15, 0.2) is 162 Å². The van der Waals surface area contributed by atoms with E-state index < -0.39 is 0 Å². The van der Waals surface area contributed by atoms with Crippen molar-refractivity contribution in [3.8, 4) is 51.0 Å². The van der Waals surface area contributed by atoms with E-state index in [1.54, 1.807) is 0 Å². The van der Waals surface area contributed by atoms with Crippen molar-refractivity contribution in [3.05, 3.63) is 169 Å². The van der Waals surface area contributed by atoms with Gasteiger partial charge in [-0.2, -0.15) is 9.97 Å². The fourth-order valence-electron chi connectivity index (χ4n) is 8.41. The molecule has 0 spiro atoms. The molecule has 0 radical (unpaired) electrons. The molecule has 0 unspecified atom stereocenters. The van der Waals surface area contributed by atoms with E-state index in [2.05, 4.69) is 128 Å². The minimum Gasteiger partial charge on any atom is -0.456 e. The van der Waals surface area contributed by atoms with Gasteiger partial charge in [0.15, 0.2) is 11.6 Å². The molecule has 1 aliphatic rings. The second-order valence-corrected chi connectivity index (χ2v) is 14.5. The number of furan rings is 1. The topological polar surface area (TPSA) is 56.7 Å². The first-order valence-electron chi connectivity index (χ1n) is 18.0. The monoisotopic (exact) mass is 680 g/mol. The Morgan fingerprint density at radius 2 is 1.04 bits per heavy atom. The van der Waals surface area contributed by atoms with Gasteiger partial charge in [0.25, 0.3) is 0 Å². The van der Waals surface area contributed by atoms with E-state index >= 15 is 0 Å². The average Bonchev–Trinajstić information content (AvgIpc) is 3.82. The second-order valence-electron chi connectivity index (χ2n) is 14.5. The van der Waals surface area contributed by atoms with Gasteiger partial charge in [-0.25, -0.2) is 4.98 Å². The predicted molar refractivity (Wildman–Crippen MR) is 215 cm³/mol.